The van der Waals surface area contributed by atoms with Crippen molar-refractivity contribution < 1.29 is 9.47 Å². The van der Waals surface area contributed by atoms with Gasteiger partial charge in [-0.25, -0.2) is 0 Å². The summed E-state index contributed by atoms with van der Waals surface area (Å²) in [7, 11) is 0. The first-order valence-electron chi connectivity index (χ1n) is 8.05. The van der Waals surface area contributed by atoms with Gasteiger partial charge in [-0.05, 0) is 42.5 Å². The SMILES string of the molecule is c1c2c(cc3c1OCCCO3)CN(C1CCCC1)CC2. The summed E-state index contributed by atoms with van der Waals surface area (Å²) in [5.74, 6) is 1.91. The second-order valence-electron chi connectivity index (χ2n) is 6.28. The van der Waals surface area contributed by atoms with Gasteiger partial charge >= 0.3 is 0 Å². The first kappa shape index (κ1) is 12.5. The summed E-state index contributed by atoms with van der Waals surface area (Å²) < 4.78 is 11.6. The highest BCUT2D eigenvalue weighted by atomic mass is 16.5. The van der Waals surface area contributed by atoms with E-state index in [2.05, 4.69) is 17.0 Å². The summed E-state index contributed by atoms with van der Waals surface area (Å²) in [6.07, 6.45) is 7.74. The van der Waals surface area contributed by atoms with E-state index in [0.29, 0.717) is 0 Å². The predicted molar refractivity (Wildman–Crippen MR) is 78.4 cm³/mol. The summed E-state index contributed by atoms with van der Waals surface area (Å²) in [4.78, 5) is 2.68. The first-order chi connectivity index (χ1) is 9.90. The van der Waals surface area contributed by atoms with Gasteiger partial charge in [-0.2, -0.15) is 0 Å². The zero-order chi connectivity index (χ0) is 13.4. The van der Waals surface area contributed by atoms with E-state index in [0.717, 1.165) is 50.1 Å². The summed E-state index contributed by atoms with van der Waals surface area (Å²) in [5, 5.41) is 0. The molecule has 1 aliphatic carbocycles. The van der Waals surface area contributed by atoms with E-state index < -0.39 is 0 Å². The van der Waals surface area contributed by atoms with E-state index >= 15 is 0 Å². The number of fused-ring (bicyclic) bond motifs is 2. The molecule has 2 heterocycles. The first-order valence-corrected chi connectivity index (χ1v) is 8.05. The molecule has 2 aliphatic heterocycles. The number of nitrogens with zero attached hydrogens (tertiary/aromatic N) is 1. The number of rotatable bonds is 1. The molecule has 0 atom stereocenters. The molecule has 0 unspecified atom stereocenters. The molecule has 0 amide bonds. The largest absolute Gasteiger partial charge is 0.490 e. The fraction of sp³-hybridized carbons (Fsp3) is 0.647. The van der Waals surface area contributed by atoms with E-state index in [9.17, 15) is 0 Å². The molecule has 3 heteroatoms. The van der Waals surface area contributed by atoms with Crippen LogP contribution in [0.3, 0.4) is 0 Å². The number of benzene rings is 1. The van der Waals surface area contributed by atoms with E-state index in [-0.39, 0.29) is 0 Å². The van der Waals surface area contributed by atoms with Crippen LogP contribution in [0.4, 0.5) is 0 Å². The fourth-order valence-electron chi connectivity index (χ4n) is 3.82. The minimum Gasteiger partial charge on any atom is -0.490 e. The van der Waals surface area contributed by atoms with Gasteiger partial charge in [0.1, 0.15) is 0 Å². The Bertz CT molecular complexity index is 494. The highest BCUT2D eigenvalue weighted by molar-refractivity contribution is 5.48. The van der Waals surface area contributed by atoms with Gasteiger partial charge in [0.05, 0.1) is 13.2 Å². The van der Waals surface area contributed by atoms with Crippen molar-refractivity contribution in [2.24, 2.45) is 0 Å². The van der Waals surface area contributed by atoms with Crippen LogP contribution in [0.2, 0.25) is 0 Å². The Morgan fingerprint density at radius 2 is 1.60 bits per heavy atom. The predicted octanol–water partition coefficient (Wildman–Crippen LogP) is 3.15. The maximum absolute atomic E-state index is 5.83. The topological polar surface area (TPSA) is 21.7 Å². The van der Waals surface area contributed by atoms with Gasteiger partial charge in [0.25, 0.3) is 0 Å². The number of hydrogen-bond donors (Lipinski definition) is 0. The molecule has 0 spiro atoms. The van der Waals surface area contributed by atoms with Crippen molar-refractivity contribution >= 4 is 0 Å². The standard InChI is InChI=1S/C17H23NO2/c1-2-5-15(4-1)18-7-6-13-10-16-17(11-14(13)12-18)20-9-3-8-19-16/h10-11,15H,1-9,12H2. The van der Waals surface area contributed by atoms with Crippen LogP contribution < -0.4 is 9.47 Å². The van der Waals surface area contributed by atoms with Crippen LogP contribution in [0.15, 0.2) is 12.1 Å². The molecule has 1 aromatic carbocycles. The third-order valence-electron chi connectivity index (χ3n) is 4.95. The average Bonchev–Trinajstić information content (AvgIpc) is 2.91. The maximum Gasteiger partial charge on any atom is 0.161 e. The Kier molecular flexibility index (Phi) is 3.31. The monoisotopic (exact) mass is 273 g/mol. The van der Waals surface area contributed by atoms with E-state index in [1.165, 1.54) is 43.4 Å². The molecule has 0 bridgehead atoms. The van der Waals surface area contributed by atoms with Crippen molar-refractivity contribution in [3.05, 3.63) is 23.3 Å². The molecule has 1 saturated carbocycles. The lowest BCUT2D eigenvalue weighted by Gasteiger charge is -2.34. The lowest BCUT2D eigenvalue weighted by atomic mass is 9.97. The Labute approximate surface area is 120 Å². The van der Waals surface area contributed by atoms with Gasteiger partial charge < -0.3 is 9.47 Å². The molecular weight excluding hydrogens is 250 g/mol. The fourth-order valence-corrected chi connectivity index (χ4v) is 3.82. The van der Waals surface area contributed by atoms with Gasteiger partial charge in [0.2, 0.25) is 0 Å². The van der Waals surface area contributed by atoms with Crippen LogP contribution in [-0.4, -0.2) is 30.7 Å². The summed E-state index contributed by atoms with van der Waals surface area (Å²) in [6, 6.07) is 5.28. The van der Waals surface area contributed by atoms with Crippen molar-refractivity contribution in [1.29, 1.82) is 0 Å². The minimum atomic E-state index is 0.776. The van der Waals surface area contributed by atoms with Crippen molar-refractivity contribution in [3.63, 3.8) is 0 Å². The van der Waals surface area contributed by atoms with Crippen LogP contribution in [-0.2, 0) is 13.0 Å². The van der Waals surface area contributed by atoms with Crippen molar-refractivity contribution in [1.82, 2.24) is 4.90 Å². The van der Waals surface area contributed by atoms with Gasteiger partial charge in [-0.15, -0.1) is 0 Å². The van der Waals surface area contributed by atoms with Crippen molar-refractivity contribution in [2.45, 2.75) is 51.1 Å². The van der Waals surface area contributed by atoms with E-state index in [1.807, 2.05) is 0 Å². The molecule has 3 aliphatic rings. The zero-order valence-electron chi connectivity index (χ0n) is 12.1. The lowest BCUT2D eigenvalue weighted by Crippen LogP contribution is -2.37. The summed E-state index contributed by atoms with van der Waals surface area (Å²) in [6.45, 7) is 3.85. The second-order valence-corrected chi connectivity index (χ2v) is 6.28. The zero-order valence-corrected chi connectivity index (χ0v) is 12.1. The van der Waals surface area contributed by atoms with Gasteiger partial charge in [-0.1, -0.05) is 12.8 Å². The molecule has 0 radical (unpaired) electrons. The van der Waals surface area contributed by atoms with Crippen LogP contribution >= 0.6 is 0 Å². The van der Waals surface area contributed by atoms with E-state index in [4.69, 9.17) is 9.47 Å². The van der Waals surface area contributed by atoms with Crippen LogP contribution in [0.25, 0.3) is 0 Å². The molecule has 1 fully saturated rings. The lowest BCUT2D eigenvalue weighted by molar-refractivity contribution is 0.180. The molecule has 4 rings (SSSR count). The van der Waals surface area contributed by atoms with Gasteiger partial charge in [0.15, 0.2) is 11.5 Å². The normalized spacial score (nSPS) is 23.4. The molecule has 20 heavy (non-hydrogen) atoms. The third kappa shape index (κ3) is 2.28. The summed E-state index contributed by atoms with van der Waals surface area (Å²) >= 11 is 0. The molecule has 108 valence electrons. The third-order valence-corrected chi connectivity index (χ3v) is 4.95. The number of hydrogen-bond acceptors (Lipinski definition) is 3. The van der Waals surface area contributed by atoms with Crippen LogP contribution in [0.1, 0.15) is 43.2 Å². The molecule has 0 aromatic heterocycles. The van der Waals surface area contributed by atoms with Gasteiger partial charge in [0, 0.05) is 25.6 Å². The highest BCUT2D eigenvalue weighted by Crippen LogP contribution is 2.36. The Balaban J connectivity index is 1.59. The highest BCUT2D eigenvalue weighted by Gasteiger charge is 2.27. The van der Waals surface area contributed by atoms with Crippen LogP contribution in [0, 0.1) is 0 Å². The minimum absolute atomic E-state index is 0.776. The molecule has 0 saturated heterocycles. The number of ether oxygens (including phenoxy) is 2. The Morgan fingerprint density at radius 1 is 0.900 bits per heavy atom. The quantitative estimate of drug-likeness (QED) is 0.784. The average molecular weight is 273 g/mol. The Hall–Kier alpha value is -1.22. The van der Waals surface area contributed by atoms with Gasteiger partial charge in [-0.3, -0.25) is 4.90 Å². The Morgan fingerprint density at radius 3 is 2.35 bits per heavy atom. The van der Waals surface area contributed by atoms with Crippen molar-refractivity contribution in [3.8, 4) is 11.5 Å². The molecule has 3 nitrogen and oxygen atoms in total. The molecule has 1 aromatic rings. The van der Waals surface area contributed by atoms with Crippen LogP contribution in [0.5, 0.6) is 11.5 Å². The second kappa shape index (κ2) is 5.28. The molecular formula is C17H23NO2. The smallest absolute Gasteiger partial charge is 0.161 e. The van der Waals surface area contributed by atoms with E-state index in [1.54, 1.807) is 0 Å². The summed E-state index contributed by atoms with van der Waals surface area (Å²) in [5.41, 5.74) is 2.91. The van der Waals surface area contributed by atoms with Crippen molar-refractivity contribution in [2.75, 3.05) is 19.8 Å². The molecule has 0 N–H and O–H groups in total. The maximum atomic E-state index is 5.83.